The van der Waals surface area contributed by atoms with E-state index in [1.165, 1.54) is 0 Å². The van der Waals surface area contributed by atoms with Gasteiger partial charge in [-0.15, -0.1) is 11.6 Å². The molecule has 1 aromatic carbocycles. The lowest BCUT2D eigenvalue weighted by molar-refractivity contribution is 0.367. The first kappa shape index (κ1) is 15.0. The maximum atomic E-state index is 6.45. The summed E-state index contributed by atoms with van der Waals surface area (Å²) in [5, 5.41) is -0.110. The van der Waals surface area contributed by atoms with E-state index in [4.69, 9.17) is 25.8 Å². The minimum atomic E-state index is -0.110. The van der Waals surface area contributed by atoms with Crippen molar-refractivity contribution in [3.05, 3.63) is 17.7 Å². The van der Waals surface area contributed by atoms with E-state index in [0.29, 0.717) is 17.2 Å². The second kappa shape index (κ2) is 7.37. The van der Waals surface area contributed by atoms with E-state index >= 15 is 0 Å². The smallest absolute Gasteiger partial charge is 0.130 e. The molecule has 0 bridgehead atoms. The van der Waals surface area contributed by atoms with Crippen molar-refractivity contribution in [3.8, 4) is 17.2 Å². The molecule has 0 heterocycles. The molecule has 0 aliphatic rings. The molecule has 18 heavy (non-hydrogen) atoms. The van der Waals surface area contributed by atoms with Crippen molar-refractivity contribution in [3.63, 3.8) is 0 Å². The summed E-state index contributed by atoms with van der Waals surface area (Å²) in [6, 6.07) is 3.67. The zero-order valence-electron chi connectivity index (χ0n) is 11.5. The van der Waals surface area contributed by atoms with Crippen molar-refractivity contribution in [2.75, 3.05) is 21.3 Å². The fraction of sp³-hybridized carbons (Fsp3) is 0.571. The first-order valence-electron chi connectivity index (χ1n) is 6.11. The van der Waals surface area contributed by atoms with Crippen LogP contribution < -0.4 is 14.2 Å². The monoisotopic (exact) mass is 272 g/mol. The molecule has 1 aromatic rings. The highest BCUT2D eigenvalue weighted by Crippen LogP contribution is 2.42. The standard InChI is InChI=1S/C14H21ClO3/c1-5-6-7-11(15)14-12(17-3)8-10(16-2)9-13(14)18-4/h8-9,11H,5-7H2,1-4H3. The Morgan fingerprint density at radius 2 is 1.61 bits per heavy atom. The lowest BCUT2D eigenvalue weighted by atomic mass is 10.0. The van der Waals surface area contributed by atoms with Crippen LogP contribution in [0.4, 0.5) is 0 Å². The molecule has 0 aliphatic carbocycles. The summed E-state index contributed by atoms with van der Waals surface area (Å²) in [4.78, 5) is 0. The first-order chi connectivity index (χ1) is 8.67. The molecule has 3 nitrogen and oxygen atoms in total. The Bertz CT molecular complexity index is 354. The van der Waals surface area contributed by atoms with Crippen molar-refractivity contribution in [1.29, 1.82) is 0 Å². The normalized spacial score (nSPS) is 12.1. The topological polar surface area (TPSA) is 27.7 Å². The van der Waals surface area contributed by atoms with Gasteiger partial charge in [0.15, 0.2) is 0 Å². The number of benzene rings is 1. The molecule has 0 N–H and O–H groups in total. The third kappa shape index (κ3) is 3.45. The van der Waals surface area contributed by atoms with Crippen molar-refractivity contribution in [2.45, 2.75) is 31.6 Å². The third-order valence-corrected chi connectivity index (χ3v) is 3.31. The third-order valence-electron chi connectivity index (χ3n) is 2.88. The average molecular weight is 273 g/mol. The molecule has 0 spiro atoms. The summed E-state index contributed by atoms with van der Waals surface area (Å²) in [6.07, 6.45) is 3.09. The van der Waals surface area contributed by atoms with Crippen LogP contribution in [-0.4, -0.2) is 21.3 Å². The van der Waals surface area contributed by atoms with Gasteiger partial charge in [-0.1, -0.05) is 19.8 Å². The van der Waals surface area contributed by atoms with Gasteiger partial charge < -0.3 is 14.2 Å². The highest BCUT2D eigenvalue weighted by atomic mass is 35.5. The minimum absolute atomic E-state index is 0.110. The fourth-order valence-electron chi connectivity index (χ4n) is 1.87. The molecule has 0 fully saturated rings. The Morgan fingerprint density at radius 1 is 1.06 bits per heavy atom. The molecule has 1 atom stereocenters. The lowest BCUT2D eigenvalue weighted by Gasteiger charge is -2.18. The van der Waals surface area contributed by atoms with Crippen LogP contribution in [0.5, 0.6) is 17.2 Å². The van der Waals surface area contributed by atoms with Gasteiger partial charge in [-0.3, -0.25) is 0 Å². The molecule has 0 aromatic heterocycles. The second-order valence-electron chi connectivity index (χ2n) is 4.06. The summed E-state index contributed by atoms with van der Waals surface area (Å²) in [5.74, 6) is 2.12. The van der Waals surface area contributed by atoms with Crippen LogP contribution in [0.15, 0.2) is 12.1 Å². The van der Waals surface area contributed by atoms with Crippen molar-refractivity contribution in [2.24, 2.45) is 0 Å². The molecule has 0 saturated carbocycles. The van der Waals surface area contributed by atoms with E-state index < -0.39 is 0 Å². The zero-order valence-corrected chi connectivity index (χ0v) is 12.2. The number of rotatable bonds is 7. The van der Waals surface area contributed by atoms with Crippen LogP contribution in [0.1, 0.15) is 37.1 Å². The van der Waals surface area contributed by atoms with Gasteiger partial charge in [-0.05, 0) is 6.42 Å². The Labute approximate surface area is 114 Å². The van der Waals surface area contributed by atoms with Gasteiger partial charge in [0.2, 0.25) is 0 Å². The number of unbranched alkanes of at least 4 members (excludes halogenated alkanes) is 1. The molecule has 0 amide bonds. The highest BCUT2D eigenvalue weighted by Gasteiger charge is 2.20. The quantitative estimate of drug-likeness (QED) is 0.697. The van der Waals surface area contributed by atoms with E-state index in [9.17, 15) is 0 Å². The van der Waals surface area contributed by atoms with Crippen LogP contribution in [0.3, 0.4) is 0 Å². The molecule has 102 valence electrons. The summed E-state index contributed by atoms with van der Waals surface area (Å²) in [5.41, 5.74) is 0.899. The van der Waals surface area contributed by atoms with Crippen LogP contribution >= 0.6 is 11.6 Å². The Hall–Kier alpha value is -1.09. The van der Waals surface area contributed by atoms with Gasteiger partial charge in [0.25, 0.3) is 0 Å². The maximum Gasteiger partial charge on any atom is 0.130 e. The highest BCUT2D eigenvalue weighted by molar-refractivity contribution is 6.21. The van der Waals surface area contributed by atoms with E-state index in [0.717, 1.165) is 24.8 Å². The lowest BCUT2D eigenvalue weighted by Crippen LogP contribution is -2.01. The molecular weight excluding hydrogens is 252 g/mol. The van der Waals surface area contributed by atoms with E-state index in [2.05, 4.69) is 6.92 Å². The van der Waals surface area contributed by atoms with E-state index in [1.54, 1.807) is 21.3 Å². The number of ether oxygens (including phenoxy) is 3. The van der Waals surface area contributed by atoms with Crippen molar-refractivity contribution >= 4 is 11.6 Å². The van der Waals surface area contributed by atoms with Crippen LogP contribution in [-0.2, 0) is 0 Å². The van der Waals surface area contributed by atoms with Crippen LogP contribution in [0.2, 0.25) is 0 Å². The predicted molar refractivity (Wildman–Crippen MR) is 74.2 cm³/mol. The predicted octanol–water partition coefficient (Wildman–Crippen LogP) is 4.18. The van der Waals surface area contributed by atoms with Gasteiger partial charge in [0.05, 0.1) is 32.3 Å². The molecule has 0 aliphatic heterocycles. The van der Waals surface area contributed by atoms with Crippen molar-refractivity contribution in [1.82, 2.24) is 0 Å². The molecule has 1 rings (SSSR count). The zero-order chi connectivity index (χ0) is 13.5. The SMILES string of the molecule is CCCCC(Cl)c1c(OC)cc(OC)cc1OC. The largest absolute Gasteiger partial charge is 0.496 e. The maximum absolute atomic E-state index is 6.45. The van der Waals surface area contributed by atoms with Gasteiger partial charge in [0.1, 0.15) is 17.2 Å². The molecule has 4 heteroatoms. The molecule has 0 saturated heterocycles. The Kier molecular flexibility index (Phi) is 6.13. The Balaban J connectivity index is 3.13. The number of hydrogen-bond donors (Lipinski definition) is 0. The van der Waals surface area contributed by atoms with Crippen LogP contribution in [0.25, 0.3) is 0 Å². The first-order valence-corrected chi connectivity index (χ1v) is 6.55. The molecule has 1 unspecified atom stereocenters. The molecular formula is C14H21ClO3. The number of hydrogen-bond acceptors (Lipinski definition) is 3. The van der Waals surface area contributed by atoms with Crippen LogP contribution in [0, 0.1) is 0 Å². The number of methoxy groups -OCH3 is 3. The van der Waals surface area contributed by atoms with E-state index in [-0.39, 0.29) is 5.38 Å². The summed E-state index contributed by atoms with van der Waals surface area (Å²) in [6.45, 7) is 2.14. The van der Waals surface area contributed by atoms with Gasteiger partial charge in [-0.25, -0.2) is 0 Å². The minimum Gasteiger partial charge on any atom is -0.496 e. The summed E-state index contributed by atoms with van der Waals surface area (Å²) < 4.78 is 16.0. The van der Waals surface area contributed by atoms with E-state index in [1.807, 2.05) is 12.1 Å². The van der Waals surface area contributed by atoms with Gasteiger partial charge in [0, 0.05) is 12.1 Å². The van der Waals surface area contributed by atoms with Gasteiger partial charge >= 0.3 is 0 Å². The number of alkyl halides is 1. The second-order valence-corrected chi connectivity index (χ2v) is 4.58. The average Bonchev–Trinajstić information content (AvgIpc) is 2.42. The fourth-order valence-corrected chi connectivity index (χ4v) is 2.24. The molecule has 0 radical (unpaired) electrons. The summed E-state index contributed by atoms with van der Waals surface area (Å²) in [7, 11) is 4.87. The Morgan fingerprint density at radius 3 is 2.00 bits per heavy atom. The van der Waals surface area contributed by atoms with Gasteiger partial charge in [-0.2, -0.15) is 0 Å². The number of halogens is 1. The summed E-state index contributed by atoms with van der Waals surface area (Å²) >= 11 is 6.45. The van der Waals surface area contributed by atoms with Crippen molar-refractivity contribution < 1.29 is 14.2 Å².